The Labute approximate surface area is 186 Å². The van der Waals surface area contributed by atoms with Crippen molar-refractivity contribution in [2.24, 2.45) is 5.92 Å². The molecule has 0 spiro atoms. The van der Waals surface area contributed by atoms with Crippen LogP contribution in [-0.2, 0) is 0 Å². The summed E-state index contributed by atoms with van der Waals surface area (Å²) in [5.74, 6) is -1.32. The van der Waals surface area contributed by atoms with Crippen LogP contribution >= 0.6 is 0 Å². The van der Waals surface area contributed by atoms with Gasteiger partial charge < -0.3 is 15.3 Å². The molecule has 1 aliphatic rings. The molecule has 0 aliphatic carbocycles. The summed E-state index contributed by atoms with van der Waals surface area (Å²) in [5, 5.41) is 12.3. The van der Waals surface area contributed by atoms with Crippen LogP contribution in [0.25, 0.3) is 0 Å². The van der Waals surface area contributed by atoms with Crippen molar-refractivity contribution in [1.82, 2.24) is 0 Å². The molecule has 2 N–H and O–H groups in total. The van der Waals surface area contributed by atoms with Gasteiger partial charge in [-0.25, -0.2) is 4.79 Å². The molecule has 1 amide bonds. The summed E-state index contributed by atoms with van der Waals surface area (Å²) in [4.78, 5) is 39.1. The standard InChI is InChI=1S/C26H24N2O4/c29-24(18-7-3-1-4-8-18)19-13-15-28(16-14-19)21-11-12-22(26(31)32)23(17-21)27-25(30)20-9-5-2-6-10-20/h1-12,17,19H,13-16H2,(H,27,30)(H,31,32). The van der Waals surface area contributed by atoms with Gasteiger partial charge in [-0.05, 0) is 43.2 Å². The van der Waals surface area contributed by atoms with Crippen molar-refractivity contribution < 1.29 is 19.5 Å². The summed E-state index contributed by atoms with van der Waals surface area (Å²) in [6.45, 7) is 1.36. The third kappa shape index (κ3) is 4.70. The zero-order chi connectivity index (χ0) is 22.5. The number of hydrogen-bond acceptors (Lipinski definition) is 4. The van der Waals surface area contributed by atoms with E-state index in [1.165, 1.54) is 6.07 Å². The topological polar surface area (TPSA) is 86.7 Å². The van der Waals surface area contributed by atoms with Gasteiger partial charge in [-0.2, -0.15) is 0 Å². The van der Waals surface area contributed by atoms with Crippen LogP contribution in [0.1, 0.15) is 43.9 Å². The van der Waals surface area contributed by atoms with Crippen molar-refractivity contribution in [2.75, 3.05) is 23.3 Å². The molecule has 1 heterocycles. The molecule has 0 radical (unpaired) electrons. The van der Waals surface area contributed by atoms with Crippen molar-refractivity contribution in [3.05, 3.63) is 95.6 Å². The highest BCUT2D eigenvalue weighted by atomic mass is 16.4. The van der Waals surface area contributed by atoms with Crippen LogP contribution in [0, 0.1) is 5.92 Å². The number of nitrogens with one attached hydrogen (secondary N) is 1. The molecular formula is C26H24N2O4. The van der Waals surface area contributed by atoms with Crippen LogP contribution in [0.2, 0.25) is 0 Å². The molecule has 0 saturated carbocycles. The van der Waals surface area contributed by atoms with Gasteiger partial charge in [0.1, 0.15) is 0 Å². The Morgan fingerprint density at radius 1 is 0.812 bits per heavy atom. The zero-order valence-corrected chi connectivity index (χ0v) is 17.5. The Morgan fingerprint density at radius 3 is 2.00 bits per heavy atom. The van der Waals surface area contributed by atoms with E-state index in [4.69, 9.17) is 0 Å². The Bertz CT molecular complexity index is 1120. The maximum atomic E-state index is 12.7. The Morgan fingerprint density at radius 2 is 1.41 bits per heavy atom. The molecule has 0 aromatic heterocycles. The quantitative estimate of drug-likeness (QED) is 0.554. The second-order valence-corrected chi connectivity index (χ2v) is 7.85. The molecule has 1 aliphatic heterocycles. The number of amides is 1. The summed E-state index contributed by atoms with van der Waals surface area (Å²) in [6, 6.07) is 23.0. The number of carboxylic acid groups (broad SMARTS) is 1. The second kappa shape index (κ2) is 9.47. The van der Waals surface area contributed by atoms with Crippen LogP contribution in [0.5, 0.6) is 0 Å². The van der Waals surface area contributed by atoms with Crippen molar-refractivity contribution >= 4 is 29.0 Å². The third-order valence-corrected chi connectivity index (χ3v) is 5.81. The van der Waals surface area contributed by atoms with E-state index in [0.29, 0.717) is 18.7 Å². The monoisotopic (exact) mass is 428 g/mol. The number of aromatic carboxylic acids is 1. The lowest BCUT2D eigenvalue weighted by molar-refractivity contribution is 0.0697. The average Bonchev–Trinajstić information content (AvgIpc) is 2.84. The van der Waals surface area contributed by atoms with Gasteiger partial charge in [0.2, 0.25) is 0 Å². The van der Waals surface area contributed by atoms with Gasteiger partial charge in [0.25, 0.3) is 5.91 Å². The first-order valence-electron chi connectivity index (χ1n) is 10.6. The average molecular weight is 428 g/mol. The molecule has 1 saturated heterocycles. The number of ketones is 1. The first-order chi connectivity index (χ1) is 15.5. The number of carboxylic acids is 1. The number of anilines is 2. The van der Waals surface area contributed by atoms with Crippen LogP contribution in [0.4, 0.5) is 11.4 Å². The Kier molecular flexibility index (Phi) is 6.31. The van der Waals surface area contributed by atoms with Gasteiger partial charge in [-0.1, -0.05) is 48.5 Å². The van der Waals surface area contributed by atoms with E-state index in [9.17, 15) is 19.5 Å². The van der Waals surface area contributed by atoms with E-state index in [1.54, 1.807) is 36.4 Å². The van der Waals surface area contributed by atoms with Gasteiger partial charge in [0, 0.05) is 35.8 Å². The number of carbonyl (C=O) groups is 3. The van der Waals surface area contributed by atoms with Gasteiger partial charge >= 0.3 is 5.97 Å². The minimum absolute atomic E-state index is 0.0239. The van der Waals surface area contributed by atoms with E-state index in [0.717, 1.165) is 24.1 Å². The second-order valence-electron chi connectivity index (χ2n) is 7.85. The first-order valence-corrected chi connectivity index (χ1v) is 10.6. The minimum Gasteiger partial charge on any atom is -0.478 e. The van der Waals surface area contributed by atoms with Crippen LogP contribution < -0.4 is 10.2 Å². The molecule has 0 atom stereocenters. The number of carbonyl (C=O) groups excluding carboxylic acids is 2. The largest absolute Gasteiger partial charge is 0.478 e. The number of piperidine rings is 1. The van der Waals surface area contributed by atoms with Crippen LogP contribution in [0.3, 0.4) is 0 Å². The lowest BCUT2D eigenvalue weighted by atomic mass is 9.88. The molecule has 162 valence electrons. The number of nitrogens with zero attached hydrogens (tertiary/aromatic N) is 1. The van der Waals surface area contributed by atoms with Crippen molar-refractivity contribution in [3.63, 3.8) is 0 Å². The fraction of sp³-hybridized carbons (Fsp3) is 0.192. The number of rotatable bonds is 6. The lowest BCUT2D eigenvalue weighted by Gasteiger charge is -2.33. The summed E-state index contributed by atoms with van der Waals surface area (Å²) >= 11 is 0. The van der Waals surface area contributed by atoms with Crippen molar-refractivity contribution in [2.45, 2.75) is 12.8 Å². The minimum atomic E-state index is -1.10. The molecule has 4 rings (SSSR count). The van der Waals surface area contributed by atoms with E-state index in [2.05, 4.69) is 10.2 Å². The van der Waals surface area contributed by atoms with E-state index in [-0.39, 0.29) is 28.9 Å². The third-order valence-electron chi connectivity index (χ3n) is 5.81. The zero-order valence-electron chi connectivity index (χ0n) is 17.5. The molecule has 32 heavy (non-hydrogen) atoms. The van der Waals surface area contributed by atoms with Gasteiger partial charge in [-0.15, -0.1) is 0 Å². The molecule has 3 aromatic rings. The fourth-order valence-corrected chi connectivity index (χ4v) is 4.04. The summed E-state index contributed by atoms with van der Waals surface area (Å²) in [5.41, 5.74) is 2.31. The highest BCUT2D eigenvalue weighted by molar-refractivity contribution is 6.08. The fourth-order valence-electron chi connectivity index (χ4n) is 4.04. The Hall–Kier alpha value is -3.93. The molecule has 3 aromatic carbocycles. The lowest BCUT2D eigenvalue weighted by Crippen LogP contribution is -2.36. The predicted octanol–water partition coefficient (Wildman–Crippen LogP) is 4.74. The summed E-state index contributed by atoms with van der Waals surface area (Å²) < 4.78 is 0. The van der Waals surface area contributed by atoms with E-state index < -0.39 is 5.97 Å². The molecule has 6 heteroatoms. The maximum absolute atomic E-state index is 12.7. The summed E-state index contributed by atoms with van der Waals surface area (Å²) in [7, 11) is 0. The Balaban J connectivity index is 1.48. The van der Waals surface area contributed by atoms with Crippen molar-refractivity contribution in [3.8, 4) is 0 Å². The van der Waals surface area contributed by atoms with Gasteiger partial charge in [-0.3, -0.25) is 9.59 Å². The molecule has 0 bridgehead atoms. The number of Topliss-reactive ketones (excluding diaryl/α,β-unsaturated/α-hetero) is 1. The molecular weight excluding hydrogens is 404 g/mol. The molecule has 1 fully saturated rings. The normalized spacial score (nSPS) is 14.1. The highest BCUT2D eigenvalue weighted by Gasteiger charge is 2.26. The van der Waals surface area contributed by atoms with Gasteiger partial charge in [0.05, 0.1) is 11.3 Å². The van der Waals surface area contributed by atoms with Crippen LogP contribution in [0.15, 0.2) is 78.9 Å². The first kappa shape index (κ1) is 21.3. The number of benzene rings is 3. The van der Waals surface area contributed by atoms with Crippen LogP contribution in [-0.4, -0.2) is 35.9 Å². The summed E-state index contributed by atoms with van der Waals surface area (Å²) in [6.07, 6.45) is 1.44. The van der Waals surface area contributed by atoms with Gasteiger partial charge in [0.15, 0.2) is 5.78 Å². The predicted molar refractivity (Wildman–Crippen MR) is 124 cm³/mol. The maximum Gasteiger partial charge on any atom is 0.337 e. The smallest absolute Gasteiger partial charge is 0.337 e. The SMILES string of the molecule is O=C(Nc1cc(N2CCC(C(=O)c3ccccc3)CC2)ccc1C(=O)O)c1ccccc1. The number of hydrogen-bond donors (Lipinski definition) is 2. The highest BCUT2D eigenvalue weighted by Crippen LogP contribution is 2.29. The van der Waals surface area contributed by atoms with Crippen molar-refractivity contribution in [1.29, 1.82) is 0 Å². The molecule has 0 unspecified atom stereocenters. The molecule has 6 nitrogen and oxygen atoms in total. The van der Waals surface area contributed by atoms with E-state index in [1.807, 2.05) is 36.4 Å². The van der Waals surface area contributed by atoms with E-state index >= 15 is 0 Å².